The predicted octanol–water partition coefficient (Wildman–Crippen LogP) is 3.63. The first-order valence-corrected chi connectivity index (χ1v) is 6.22. The topological polar surface area (TPSA) is 35.2 Å². The van der Waals surface area contributed by atoms with Crippen molar-refractivity contribution in [2.45, 2.75) is 18.6 Å². The molecule has 2 atom stereocenters. The third kappa shape index (κ3) is 2.14. The average Bonchev–Trinajstić information content (AvgIpc) is 2.38. The molecule has 0 aromatic heterocycles. The maximum Gasteiger partial charge on any atom is 0.133 e. The molecule has 1 heterocycles. The molecule has 0 saturated heterocycles. The molecular weight excluding hydrogens is 267 g/mol. The third-order valence-corrected chi connectivity index (χ3v) is 3.43. The quantitative estimate of drug-likeness (QED) is 0.865. The van der Waals surface area contributed by atoms with Crippen molar-refractivity contribution in [2.24, 2.45) is 5.73 Å². The maximum absolute atomic E-state index is 13.8. The molecule has 0 bridgehead atoms. The van der Waals surface area contributed by atoms with Gasteiger partial charge in [-0.1, -0.05) is 12.1 Å². The van der Waals surface area contributed by atoms with E-state index in [1.54, 1.807) is 0 Å². The lowest BCUT2D eigenvalue weighted by Gasteiger charge is -2.30. The van der Waals surface area contributed by atoms with Crippen LogP contribution in [-0.2, 0) is 0 Å². The summed E-state index contributed by atoms with van der Waals surface area (Å²) in [4.78, 5) is 0. The maximum atomic E-state index is 13.8. The van der Waals surface area contributed by atoms with Gasteiger partial charge in [-0.2, -0.15) is 0 Å². The Labute approximate surface area is 114 Å². The number of fused-ring (bicyclic) bond motifs is 1. The van der Waals surface area contributed by atoms with Crippen LogP contribution in [0, 0.1) is 17.5 Å². The lowest BCUT2D eigenvalue weighted by molar-refractivity contribution is 0.152. The first-order valence-electron chi connectivity index (χ1n) is 6.22. The molecule has 0 aliphatic carbocycles. The Bertz CT molecular complexity index is 639. The monoisotopic (exact) mass is 279 g/mol. The second-order valence-electron chi connectivity index (χ2n) is 4.77. The van der Waals surface area contributed by atoms with Gasteiger partial charge in [-0.15, -0.1) is 0 Å². The molecule has 1 unspecified atom stereocenters. The van der Waals surface area contributed by atoms with Gasteiger partial charge >= 0.3 is 0 Å². The summed E-state index contributed by atoms with van der Waals surface area (Å²) in [5, 5.41) is 0. The van der Waals surface area contributed by atoms with Crippen molar-refractivity contribution in [1.29, 1.82) is 0 Å². The van der Waals surface area contributed by atoms with Gasteiger partial charge in [-0.05, 0) is 18.2 Å². The number of ether oxygens (including phenoxy) is 1. The van der Waals surface area contributed by atoms with Crippen molar-refractivity contribution in [1.82, 2.24) is 0 Å². The lowest BCUT2D eigenvalue weighted by atomic mass is 9.93. The summed E-state index contributed by atoms with van der Waals surface area (Å²) in [7, 11) is 0. The second-order valence-corrected chi connectivity index (χ2v) is 4.77. The number of benzene rings is 2. The van der Waals surface area contributed by atoms with E-state index in [0.717, 1.165) is 12.1 Å². The molecule has 104 valence electrons. The van der Waals surface area contributed by atoms with Crippen LogP contribution in [0.5, 0.6) is 5.75 Å². The van der Waals surface area contributed by atoms with E-state index in [9.17, 15) is 13.2 Å². The highest BCUT2D eigenvalue weighted by Gasteiger charge is 2.31. The van der Waals surface area contributed by atoms with Crippen molar-refractivity contribution < 1.29 is 17.9 Å². The molecule has 1 aliphatic heterocycles. The van der Waals surface area contributed by atoms with E-state index in [1.165, 1.54) is 24.3 Å². The Morgan fingerprint density at radius 3 is 2.45 bits per heavy atom. The van der Waals surface area contributed by atoms with Crippen molar-refractivity contribution in [2.75, 3.05) is 0 Å². The fourth-order valence-electron chi connectivity index (χ4n) is 2.47. The molecule has 0 amide bonds. The van der Waals surface area contributed by atoms with Gasteiger partial charge in [0.2, 0.25) is 0 Å². The Morgan fingerprint density at radius 2 is 1.75 bits per heavy atom. The van der Waals surface area contributed by atoms with Crippen LogP contribution in [0.3, 0.4) is 0 Å². The van der Waals surface area contributed by atoms with Crippen LogP contribution in [0.15, 0.2) is 36.4 Å². The number of hydrogen-bond donors (Lipinski definition) is 1. The zero-order valence-corrected chi connectivity index (χ0v) is 10.4. The lowest BCUT2D eigenvalue weighted by Crippen LogP contribution is -2.25. The summed E-state index contributed by atoms with van der Waals surface area (Å²) >= 11 is 0. The van der Waals surface area contributed by atoms with Gasteiger partial charge in [-0.3, -0.25) is 0 Å². The molecule has 2 nitrogen and oxygen atoms in total. The van der Waals surface area contributed by atoms with Crippen molar-refractivity contribution in [3.05, 3.63) is 65.0 Å². The van der Waals surface area contributed by atoms with Gasteiger partial charge in [0.1, 0.15) is 29.3 Å². The summed E-state index contributed by atoms with van der Waals surface area (Å²) in [6.07, 6.45) is -0.628. The summed E-state index contributed by atoms with van der Waals surface area (Å²) in [5.41, 5.74) is 6.45. The fraction of sp³-hybridized carbons (Fsp3) is 0.200. The van der Waals surface area contributed by atoms with E-state index in [-0.39, 0.29) is 17.7 Å². The normalized spacial score (nSPS) is 21.2. The van der Waals surface area contributed by atoms with Crippen LogP contribution in [0.1, 0.15) is 29.7 Å². The van der Waals surface area contributed by atoms with Crippen molar-refractivity contribution >= 4 is 0 Å². The predicted molar refractivity (Wildman–Crippen MR) is 67.7 cm³/mol. The zero-order valence-electron chi connectivity index (χ0n) is 10.4. The molecule has 0 radical (unpaired) electrons. The Kier molecular flexibility index (Phi) is 3.14. The fourth-order valence-corrected chi connectivity index (χ4v) is 2.47. The number of halogens is 3. The SMILES string of the molecule is N[C@@H]1CC(c2c(F)cccc2F)Oc2cc(F)ccc21. The Hall–Kier alpha value is -2.01. The first kappa shape index (κ1) is 13.0. The minimum Gasteiger partial charge on any atom is -0.485 e. The molecule has 20 heavy (non-hydrogen) atoms. The molecule has 2 aromatic carbocycles. The van der Waals surface area contributed by atoms with Crippen LogP contribution < -0.4 is 10.5 Å². The molecule has 2 N–H and O–H groups in total. The van der Waals surface area contributed by atoms with Crippen molar-refractivity contribution in [3.8, 4) is 5.75 Å². The summed E-state index contributed by atoms with van der Waals surface area (Å²) in [6.45, 7) is 0. The highest BCUT2D eigenvalue weighted by molar-refractivity contribution is 5.40. The van der Waals surface area contributed by atoms with E-state index in [0.29, 0.717) is 5.56 Å². The highest BCUT2D eigenvalue weighted by atomic mass is 19.1. The smallest absolute Gasteiger partial charge is 0.133 e. The van der Waals surface area contributed by atoms with Crippen LogP contribution >= 0.6 is 0 Å². The number of rotatable bonds is 1. The minimum atomic E-state index is -0.861. The molecule has 3 rings (SSSR count). The minimum absolute atomic E-state index is 0.169. The molecule has 1 aliphatic rings. The molecule has 0 saturated carbocycles. The van der Waals surface area contributed by atoms with E-state index < -0.39 is 29.6 Å². The van der Waals surface area contributed by atoms with Crippen LogP contribution in [0.25, 0.3) is 0 Å². The molecule has 0 fully saturated rings. The van der Waals surface area contributed by atoms with E-state index in [4.69, 9.17) is 10.5 Å². The Balaban J connectivity index is 2.03. The van der Waals surface area contributed by atoms with Crippen LogP contribution in [0.2, 0.25) is 0 Å². The van der Waals surface area contributed by atoms with Gasteiger partial charge in [0.15, 0.2) is 0 Å². The van der Waals surface area contributed by atoms with Gasteiger partial charge in [0.25, 0.3) is 0 Å². The molecule has 2 aromatic rings. The summed E-state index contributed by atoms with van der Waals surface area (Å²) in [5.74, 6) is -1.63. The largest absolute Gasteiger partial charge is 0.485 e. The highest BCUT2D eigenvalue weighted by Crippen LogP contribution is 2.41. The summed E-state index contributed by atoms with van der Waals surface area (Å²) in [6, 6.07) is 7.14. The molecular formula is C15H12F3NO. The van der Waals surface area contributed by atoms with E-state index >= 15 is 0 Å². The number of hydrogen-bond acceptors (Lipinski definition) is 2. The van der Waals surface area contributed by atoms with Crippen LogP contribution in [-0.4, -0.2) is 0 Å². The average molecular weight is 279 g/mol. The number of nitrogens with two attached hydrogens (primary N) is 1. The Morgan fingerprint density at radius 1 is 1.05 bits per heavy atom. The zero-order chi connectivity index (χ0) is 14.3. The van der Waals surface area contributed by atoms with Gasteiger partial charge in [0, 0.05) is 24.1 Å². The van der Waals surface area contributed by atoms with E-state index in [2.05, 4.69) is 0 Å². The standard InChI is InChI=1S/C15H12F3NO/c16-8-4-5-9-12(19)7-14(20-13(9)6-8)15-10(17)2-1-3-11(15)18/h1-6,12,14H,7,19H2/t12-,14?/m1/s1. The molecule has 0 spiro atoms. The molecule has 5 heteroatoms. The second kappa shape index (κ2) is 4.83. The van der Waals surface area contributed by atoms with Gasteiger partial charge < -0.3 is 10.5 Å². The summed E-state index contributed by atoms with van der Waals surface area (Å²) < 4.78 is 46.3. The van der Waals surface area contributed by atoms with Gasteiger partial charge in [0.05, 0.1) is 5.56 Å². The first-order chi connectivity index (χ1) is 9.56. The van der Waals surface area contributed by atoms with E-state index in [1.807, 2.05) is 0 Å². The van der Waals surface area contributed by atoms with Crippen LogP contribution in [0.4, 0.5) is 13.2 Å². The van der Waals surface area contributed by atoms with Crippen molar-refractivity contribution in [3.63, 3.8) is 0 Å². The van der Waals surface area contributed by atoms with Gasteiger partial charge in [-0.25, -0.2) is 13.2 Å². The third-order valence-electron chi connectivity index (χ3n) is 3.43.